The molecule has 0 N–H and O–H groups in total. The number of fused-ring (bicyclic) bond motifs is 1. The third kappa shape index (κ3) is 1.92. The Morgan fingerprint density at radius 3 is 2.90 bits per heavy atom. The normalized spacial score (nSPS) is 25.1. The Kier molecular flexibility index (Phi) is 3.08. The molecule has 20 heavy (non-hydrogen) atoms. The lowest BCUT2D eigenvalue weighted by molar-refractivity contribution is -0.130. The van der Waals surface area contributed by atoms with Crippen LogP contribution in [0.15, 0.2) is 24.9 Å². The number of nitrogens with zero attached hydrogens (tertiary/aromatic N) is 4. The maximum atomic E-state index is 12.4. The average Bonchev–Trinajstić information content (AvgIpc) is 3.08. The summed E-state index contributed by atoms with van der Waals surface area (Å²) in [5.74, 6) is 0.310. The molecule has 3 heterocycles. The monoisotopic (exact) mass is 274 g/mol. The van der Waals surface area contributed by atoms with E-state index >= 15 is 0 Å². The Morgan fingerprint density at radius 1 is 1.50 bits per heavy atom. The first-order valence-corrected chi connectivity index (χ1v) is 6.78. The Balaban J connectivity index is 1.71. The van der Waals surface area contributed by atoms with Gasteiger partial charge in [-0.05, 0) is 6.07 Å². The zero-order valence-corrected chi connectivity index (χ0v) is 11.5. The number of amides is 2. The molecular weight excluding hydrogens is 256 g/mol. The van der Waals surface area contributed by atoms with Crippen LogP contribution in [-0.4, -0.2) is 57.6 Å². The van der Waals surface area contributed by atoms with Gasteiger partial charge in [0.2, 0.25) is 5.91 Å². The Hall–Kier alpha value is -2.11. The zero-order chi connectivity index (χ0) is 14.3. The van der Waals surface area contributed by atoms with Gasteiger partial charge in [-0.3, -0.25) is 14.3 Å². The molecule has 0 saturated carbocycles. The third-order valence-corrected chi connectivity index (χ3v) is 4.20. The summed E-state index contributed by atoms with van der Waals surface area (Å²) in [6.45, 7) is 6.16. The maximum Gasteiger partial charge on any atom is 0.272 e. The number of likely N-dealkylation sites (tertiary alicyclic amines) is 2. The first-order chi connectivity index (χ1) is 9.61. The van der Waals surface area contributed by atoms with E-state index in [0.717, 1.165) is 6.54 Å². The van der Waals surface area contributed by atoms with Crippen molar-refractivity contribution in [3.8, 4) is 0 Å². The van der Waals surface area contributed by atoms with E-state index in [1.54, 1.807) is 35.0 Å². The molecule has 1 aromatic rings. The molecule has 106 valence electrons. The lowest BCUT2D eigenvalue weighted by atomic mass is 10.0. The van der Waals surface area contributed by atoms with E-state index in [9.17, 15) is 9.59 Å². The highest BCUT2D eigenvalue weighted by atomic mass is 16.2. The van der Waals surface area contributed by atoms with Gasteiger partial charge in [-0.1, -0.05) is 6.08 Å². The van der Waals surface area contributed by atoms with Crippen molar-refractivity contribution in [2.45, 2.75) is 0 Å². The SMILES string of the molecule is C=CCN1C[C@@H]2CN(C(=O)c3ccnn3C)C[C@@H]2C1=O. The number of carbonyl (C=O) groups excluding carboxylic acids is 2. The van der Waals surface area contributed by atoms with Crippen molar-refractivity contribution in [3.05, 3.63) is 30.6 Å². The molecule has 2 aliphatic rings. The summed E-state index contributed by atoms with van der Waals surface area (Å²) in [4.78, 5) is 28.2. The van der Waals surface area contributed by atoms with E-state index < -0.39 is 0 Å². The number of rotatable bonds is 3. The molecule has 2 amide bonds. The maximum absolute atomic E-state index is 12.4. The van der Waals surface area contributed by atoms with Crippen LogP contribution >= 0.6 is 0 Å². The van der Waals surface area contributed by atoms with Crippen molar-refractivity contribution in [1.29, 1.82) is 0 Å². The highest BCUT2D eigenvalue weighted by Crippen LogP contribution is 2.32. The van der Waals surface area contributed by atoms with E-state index in [4.69, 9.17) is 0 Å². The van der Waals surface area contributed by atoms with Gasteiger partial charge in [0.1, 0.15) is 5.69 Å². The first kappa shape index (κ1) is 12.9. The fraction of sp³-hybridized carbons (Fsp3) is 0.500. The van der Waals surface area contributed by atoms with Crippen LogP contribution in [0.25, 0.3) is 0 Å². The molecular formula is C14H18N4O2. The van der Waals surface area contributed by atoms with Gasteiger partial charge in [-0.25, -0.2) is 0 Å². The highest BCUT2D eigenvalue weighted by molar-refractivity contribution is 5.93. The second kappa shape index (κ2) is 4.77. The summed E-state index contributed by atoms with van der Waals surface area (Å²) in [5.41, 5.74) is 0.570. The van der Waals surface area contributed by atoms with Crippen molar-refractivity contribution < 1.29 is 9.59 Å². The second-order valence-electron chi connectivity index (χ2n) is 5.45. The van der Waals surface area contributed by atoms with Gasteiger partial charge in [-0.15, -0.1) is 6.58 Å². The van der Waals surface area contributed by atoms with Crippen molar-refractivity contribution in [3.63, 3.8) is 0 Å². The summed E-state index contributed by atoms with van der Waals surface area (Å²) in [7, 11) is 1.75. The largest absolute Gasteiger partial charge is 0.338 e. The van der Waals surface area contributed by atoms with Crippen LogP contribution in [0, 0.1) is 11.8 Å². The summed E-state index contributed by atoms with van der Waals surface area (Å²) in [5, 5.41) is 4.02. The van der Waals surface area contributed by atoms with Crippen LogP contribution in [-0.2, 0) is 11.8 Å². The number of aryl methyl sites for hydroxylation is 1. The number of hydrogen-bond donors (Lipinski definition) is 0. The van der Waals surface area contributed by atoms with Crippen molar-refractivity contribution in [2.24, 2.45) is 18.9 Å². The van der Waals surface area contributed by atoms with Crippen LogP contribution in [0.3, 0.4) is 0 Å². The molecule has 3 rings (SSSR count). The molecule has 2 fully saturated rings. The molecule has 0 unspecified atom stereocenters. The van der Waals surface area contributed by atoms with Crippen molar-refractivity contribution in [2.75, 3.05) is 26.2 Å². The predicted molar refractivity (Wildman–Crippen MR) is 72.9 cm³/mol. The van der Waals surface area contributed by atoms with Crippen LogP contribution in [0.5, 0.6) is 0 Å². The van der Waals surface area contributed by atoms with Gasteiger partial charge in [0.15, 0.2) is 0 Å². The Labute approximate surface area is 117 Å². The Morgan fingerprint density at radius 2 is 2.30 bits per heavy atom. The van der Waals surface area contributed by atoms with Crippen LogP contribution in [0.2, 0.25) is 0 Å². The second-order valence-corrected chi connectivity index (χ2v) is 5.45. The standard InChI is InChI=1S/C14H18N4O2/c1-3-6-17-7-10-8-18(9-11(10)13(17)19)14(20)12-4-5-15-16(12)2/h3-5,10-11H,1,6-9H2,2H3/t10-,11+/m1/s1. The summed E-state index contributed by atoms with van der Waals surface area (Å²) in [6.07, 6.45) is 3.36. The van der Waals surface area contributed by atoms with E-state index in [1.807, 2.05) is 4.90 Å². The molecule has 0 aromatic carbocycles. The lowest BCUT2D eigenvalue weighted by Gasteiger charge is -2.20. The minimum absolute atomic E-state index is 0.0394. The van der Waals surface area contributed by atoms with Crippen LogP contribution in [0.4, 0.5) is 0 Å². The van der Waals surface area contributed by atoms with E-state index in [1.165, 1.54) is 0 Å². The lowest BCUT2D eigenvalue weighted by Crippen LogP contribution is -2.36. The van der Waals surface area contributed by atoms with E-state index in [-0.39, 0.29) is 23.7 Å². The minimum atomic E-state index is -0.0490. The average molecular weight is 274 g/mol. The molecule has 1 aromatic heterocycles. The molecule has 0 radical (unpaired) electrons. The Bertz CT molecular complexity index is 565. The van der Waals surface area contributed by atoms with Gasteiger partial charge in [0.05, 0.1) is 5.92 Å². The summed E-state index contributed by atoms with van der Waals surface area (Å²) < 4.78 is 1.57. The van der Waals surface area contributed by atoms with Gasteiger partial charge in [-0.2, -0.15) is 5.10 Å². The quantitative estimate of drug-likeness (QED) is 0.737. The molecule has 0 bridgehead atoms. The molecule has 0 aliphatic carbocycles. The fourth-order valence-corrected chi connectivity index (χ4v) is 3.18. The minimum Gasteiger partial charge on any atom is -0.338 e. The van der Waals surface area contributed by atoms with Gasteiger partial charge in [0.25, 0.3) is 5.91 Å². The predicted octanol–water partition coefficient (Wildman–Crippen LogP) is 0.136. The molecule has 6 nitrogen and oxygen atoms in total. The summed E-state index contributed by atoms with van der Waals surface area (Å²) in [6, 6.07) is 1.71. The van der Waals surface area contributed by atoms with Crippen molar-refractivity contribution in [1.82, 2.24) is 19.6 Å². The number of hydrogen-bond acceptors (Lipinski definition) is 3. The fourth-order valence-electron chi connectivity index (χ4n) is 3.18. The van der Waals surface area contributed by atoms with Gasteiger partial charge in [0, 0.05) is 45.3 Å². The summed E-state index contributed by atoms with van der Waals surface area (Å²) >= 11 is 0. The van der Waals surface area contributed by atoms with Crippen molar-refractivity contribution >= 4 is 11.8 Å². The van der Waals surface area contributed by atoms with Crippen LogP contribution < -0.4 is 0 Å². The van der Waals surface area contributed by atoms with Crippen LogP contribution in [0.1, 0.15) is 10.5 Å². The third-order valence-electron chi connectivity index (χ3n) is 4.20. The highest BCUT2D eigenvalue weighted by Gasteiger charge is 2.47. The molecule has 0 spiro atoms. The van der Waals surface area contributed by atoms with Gasteiger partial charge >= 0.3 is 0 Å². The first-order valence-electron chi connectivity index (χ1n) is 6.78. The van der Waals surface area contributed by atoms with Gasteiger partial charge < -0.3 is 9.80 Å². The number of carbonyl (C=O) groups is 2. The molecule has 2 aliphatic heterocycles. The van der Waals surface area contributed by atoms with E-state index in [0.29, 0.717) is 25.3 Å². The molecule has 2 saturated heterocycles. The smallest absolute Gasteiger partial charge is 0.272 e. The zero-order valence-electron chi connectivity index (χ0n) is 11.5. The number of aromatic nitrogens is 2. The molecule has 2 atom stereocenters. The topological polar surface area (TPSA) is 58.4 Å². The molecule has 6 heteroatoms. The van der Waals surface area contributed by atoms with E-state index in [2.05, 4.69) is 11.7 Å².